The van der Waals surface area contributed by atoms with Crippen molar-refractivity contribution in [1.29, 1.82) is 0 Å². The van der Waals surface area contributed by atoms with E-state index in [2.05, 4.69) is 15.5 Å². The molecule has 3 saturated heterocycles. The Balaban J connectivity index is 1.16. The Morgan fingerprint density at radius 1 is 1.17 bits per heavy atom. The van der Waals surface area contributed by atoms with Gasteiger partial charge in [0.05, 0.1) is 20.1 Å². The molecule has 6 rings (SSSR count). The first kappa shape index (κ1) is 36.8. The summed E-state index contributed by atoms with van der Waals surface area (Å²) >= 11 is 2.32. The number of quaternary nitrogens is 1. The highest BCUT2D eigenvalue weighted by Crippen LogP contribution is 2.46. The fourth-order valence-corrected chi connectivity index (χ4v) is 9.21. The van der Waals surface area contributed by atoms with Gasteiger partial charge in [-0.05, 0) is 32.9 Å². The number of aliphatic carboxylic acids is 2. The number of carbonyl (C=O) groups excluding carboxylic acids is 3. The van der Waals surface area contributed by atoms with Gasteiger partial charge in [0.2, 0.25) is 5.60 Å². The number of anilines is 1. The lowest BCUT2D eigenvalue weighted by molar-refractivity contribution is -0.896. The number of halogens is 1. The van der Waals surface area contributed by atoms with Crippen LogP contribution in [0.1, 0.15) is 36.8 Å². The van der Waals surface area contributed by atoms with Crippen LogP contribution in [0, 0.1) is 17.7 Å². The number of oxime groups is 1. The molecule has 278 valence electrons. The molecular formula is C32H37FN7O10S2+. The Morgan fingerprint density at radius 3 is 2.38 bits per heavy atom. The largest absolute Gasteiger partial charge is 0.504 e. The number of thioether (sulfide) groups is 1. The molecular weight excluding hydrogens is 726 g/mol. The molecule has 17 nitrogen and oxygen atoms in total. The molecule has 4 aliphatic heterocycles. The molecule has 5 heterocycles. The second-order valence-corrected chi connectivity index (χ2v) is 16.5. The van der Waals surface area contributed by atoms with Gasteiger partial charge in [0, 0.05) is 46.7 Å². The number of phenolic OH excluding ortho intramolecular Hbond substituents is 2. The van der Waals surface area contributed by atoms with Gasteiger partial charge in [0.15, 0.2) is 28.2 Å². The van der Waals surface area contributed by atoms with Crippen molar-refractivity contribution in [1.82, 2.24) is 20.1 Å². The molecule has 20 heteroatoms. The zero-order chi connectivity index (χ0) is 38.0. The number of likely N-dealkylation sites (N-methyl/N-ethyl adjacent to an activating group) is 1. The predicted molar refractivity (Wildman–Crippen MR) is 184 cm³/mol. The van der Waals surface area contributed by atoms with Crippen molar-refractivity contribution in [3.8, 4) is 11.5 Å². The number of amides is 3. The molecule has 1 aromatic carbocycles. The number of hydrogen-bond acceptors (Lipinski definition) is 13. The number of nitrogen functional groups attached to an aromatic ring is 1. The van der Waals surface area contributed by atoms with Crippen molar-refractivity contribution in [2.24, 2.45) is 17.0 Å². The Kier molecular flexibility index (Phi) is 9.37. The predicted octanol–water partition coefficient (Wildman–Crippen LogP) is 0.835. The van der Waals surface area contributed by atoms with Crippen molar-refractivity contribution in [2.45, 2.75) is 43.0 Å². The molecule has 0 aliphatic carbocycles. The Morgan fingerprint density at radius 2 is 1.83 bits per heavy atom. The Hall–Kier alpha value is -4.95. The lowest BCUT2D eigenvalue weighted by atomic mass is 9.99. The molecule has 6 atom stereocenters. The average Bonchev–Trinajstić information content (AvgIpc) is 3.75. The summed E-state index contributed by atoms with van der Waals surface area (Å²) in [5, 5.41) is 45.9. The summed E-state index contributed by atoms with van der Waals surface area (Å²) in [5.74, 6) is -7.27. The summed E-state index contributed by atoms with van der Waals surface area (Å²) in [7, 11) is 1.99. The zero-order valence-corrected chi connectivity index (χ0v) is 30.0. The number of likely N-dealkylation sites (tertiary alicyclic amines) is 2. The smallest absolute Gasteiger partial charge is 0.352 e. The van der Waals surface area contributed by atoms with Crippen LogP contribution in [0.5, 0.6) is 11.5 Å². The van der Waals surface area contributed by atoms with Crippen molar-refractivity contribution in [2.75, 3.05) is 45.5 Å². The molecule has 1 unspecified atom stereocenters. The van der Waals surface area contributed by atoms with E-state index in [1.54, 1.807) is 4.90 Å². The van der Waals surface area contributed by atoms with E-state index in [-0.39, 0.29) is 39.2 Å². The van der Waals surface area contributed by atoms with Crippen molar-refractivity contribution in [3.63, 3.8) is 0 Å². The summed E-state index contributed by atoms with van der Waals surface area (Å²) < 4.78 is 14.5. The van der Waals surface area contributed by atoms with Crippen LogP contribution in [-0.2, 0) is 24.0 Å². The van der Waals surface area contributed by atoms with Gasteiger partial charge in [-0.2, -0.15) is 0 Å². The molecule has 7 N–H and O–H groups in total. The summed E-state index contributed by atoms with van der Waals surface area (Å²) in [6.45, 7) is 6.59. The quantitative estimate of drug-likeness (QED) is 0.0647. The molecule has 3 amide bonds. The second kappa shape index (κ2) is 13.2. The average molecular weight is 763 g/mol. The molecule has 0 spiro atoms. The van der Waals surface area contributed by atoms with E-state index in [9.17, 15) is 48.8 Å². The second-order valence-electron chi connectivity index (χ2n) is 14.1. The fourth-order valence-electron chi connectivity index (χ4n) is 7.22. The summed E-state index contributed by atoms with van der Waals surface area (Å²) in [6.07, 6.45) is 0. The van der Waals surface area contributed by atoms with Gasteiger partial charge in [0.25, 0.3) is 17.7 Å². The van der Waals surface area contributed by atoms with Crippen LogP contribution in [0.3, 0.4) is 0 Å². The van der Waals surface area contributed by atoms with Crippen molar-refractivity contribution < 1.29 is 58.1 Å². The monoisotopic (exact) mass is 762 g/mol. The number of thiazole rings is 1. The standard InChI is InChI=1S/C32H36FN7O10S2/c1-13-17(11-40(4)9-15-7-38(8-16(15)10-40)26(44)14-5-18(33)24(42)20(41)6-14)23(29(46)47)39-27(45)22(28(39)52-13)36-25(43)21(19-12-51-31(34)35-19)37-50-32(2,3)30(48)49/h5-6,12-13,15-16,22,28H,7-11H2,1-4H3,(H6-,34,35,36,37,41,42,43,44,46,47,48,49)/p+1/t13-,15-,16+,22+,28+,40?/m0/s1. The normalized spacial score (nSPS) is 27.2. The van der Waals surface area contributed by atoms with E-state index in [4.69, 9.17) is 10.6 Å². The number of carboxylic acid groups (broad SMARTS) is 2. The number of nitrogens with zero attached hydrogens (tertiary/aromatic N) is 5. The van der Waals surface area contributed by atoms with Crippen LogP contribution < -0.4 is 11.1 Å². The number of carboxylic acids is 2. The van der Waals surface area contributed by atoms with Gasteiger partial charge < -0.3 is 45.7 Å². The molecule has 4 aliphatic rings. The number of aromatic hydroxyl groups is 2. The van der Waals surface area contributed by atoms with Crippen LogP contribution in [-0.4, -0.2) is 137 Å². The third-order valence-corrected chi connectivity index (χ3v) is 12.0. The number of fused-ring (bicyclic) bond motifs is 2. The van der Waals surface area contributed by atoms with Gasteiger partial charge >= 0.3 is 11.9 Å². The molecule has 52 heavy (non-hydrogen) atoms. The summed E-state index contributed by atoms with van der Waals surface area (Å²) in [4.78, 5) is 76.3. The first-order chi connectivity index (χ1) is 24.3. The first-order valence-electron chi connectivity index (χ1n) is 16.1. The number of aromatic nitrogens is 1. The Labute approximate surface area is 304 Å². The maximum atomic E-state index is 14.0. The number of hydrogen-bond donors (Lipinski definition) is 6. The van der Waals surface area contributed by atoms with E-state index in [1.165, 1.54) is 35.9 Å². The minimum Gasteiger partial charge on any atom is -0.504 e. The van der Waals surface area contributed by atoms with E-state index in [1.807, 2.05) is 14.0 Å². The minimum absolute atomic E-state index is 0.00346. The third-order valence-electron chi connectivity index (χ3n) is 9.83. The highest BCUT2D eigenvalue weighted by Gasteiger charge is 2.57. The van der Waals surface area contributed by atoms with E-state index in [0.717, 1.165) is 23.5 Å². The number of nitrogens with two attached hydrogens (primary N) is 1. The van der Waals surface area contributed by atoms with Crippen LogP contribution >= 0.6 is 23.1 Å². The first-order valence-corrected chi connectivity index (χ1v) is 17.9. The van der Waals surface area contributed by atoms with Gasteiger partial charge in [-0.1, -0.05) is 5.16 Å². The Bertz CT molecular complexity index is 1910. The van der Waals surface area contributed by atoms with Crippen LogP contribution in [0.4, 0.5) is 9.52 Å². The minimum atomic E-state index is -1.80. The van der Waals surface area contributed by atoms with Crippen molar-refractivity contribution >= 4 is 63.6 Å². The van der Waals surface area contributed by atoms with Crippen LogP contribution in [0.25, 0.3) is 0 Å². The van der Waals surface area contributed by atoms with E-state index < -0.39 is 69.7 Å². The number of β-lactam (4-membered cyclic amide) rings is 1. The SMILES string of the molecule is C[C@@H]1S[C@@H]2[C@H](NC(=O)/C(=N\OC(C)(C)C(=O)O)c3csc(N)n3)C(=O)N2C(C(=O)O)=C1C[N+]1(C)C[C@H]2CN(C(=O)c3cc(O)c(O)c(F)c3)C[C@H]2C1. The lowest BCUT2D eigenvalue weighted by Crippen LogP contribution is -2.71. The van der Waals surface area contributed by atoms with Gasteiger partial charge in [-0.25, -0.2) is 19.0 Å². The number of phenols is 2. The van der Waals surface area contributed by atoms with E-state index in [0.29, 0.717) is 42.8 Å². The highest BCUT2D eigenvalue weighted by molar-refractivity contribution is 8.00. The number of benzene rings is 1. The van der Waals surface area contributed by atoms with E-state index >= 15 is 0 Å². The van der Waals surface area contributed by atoms with Gasteiger partial charge in [0.1, 0.15) is 29.4 Å². The number of carbonyl (C=O) groups is 5. The molecule has 0 saturated carbocycles. The van der Waals surface area contributed by atoms with Crippen LogP contribution in [0.2, 0.25) is 0 Å². The molecule has 2 aromatic rings. The number of rotatable bonds is 10. The molecule has 0 radical (unpaired) electrons. The van der Waals surface area contributed by atoms with Gasteiger partial charge in [-0.3, -0.25) is 19.3 Å². The summed E-state index contributed by atoms with van der Waals surface area (Å²) in [6, 6.07) is 0.779. The number of nitrogens with one attached hydrogen (secondary N) is 1. The highest BCUT2D eigenvalue weighted by atomic mass is 32.2. The van der Waals surface area contributed by atoms with Crippen molar-refractivity contribution in [3.05, 3.63) is 45.9 Å². The van der Waals surface area contributed by atoms with Gasteiger partial charge in [-0.15, -0.1) is 23.1 Å². The zero-order valence-electron chi connectivity index (χ0n) is 28.4. The summed E-state index contributed by atoms with van der Waals surface area (Å²) in [5.41, 5.74) is 3.84. The molecule has 0 bridgehead atoms. The fraction of sp³-hybridized carbons (Fsp3) is 0.469. The maximum Gasteiger partial charge on any atom is 0.352 e. The topological polar surface area (TPSA) is 245 Å². The lowest BCUT2D eigenvalue weighted by Gasteiger charge is -2.51. The van der Waals surface area contributed by atoms with Crippen LogP contribution in [0.15, 0.2) is 33.9 Å². The molecule has 1 aromatic heterocycles. The maximum absolute atomic E-state index is 14.0. The molecule has 3 fully saturated rings. The third kappa shape index (κ3) is 6.60.